The van der Waals surface area contributed by atoms with Crippen molar-refractivity contribution in [1.29, 1.82) is 0 Å². The Morgan fingerprint density at radius 3 is 2.47 bits per heavy atom. The quantitative estimate of drug-likeness (QED) is 0.554. The third kappa shape index (κ3) is 3.47. The van der Waals surface area contributed by atoms with Crippen LogP contribution in [-0.4, -0.2) is 50.0 Å². The number of hydrogen-bond acceptors (Lipinski definition) is 6. The number of benzene rings is 2. The van der Waals surface area contributed by atoms with E-state index in [1.165, 1.54) is 22.7 Å². The zero-order valence-electron chi connectivity index (χ0n) is 18.7. The van der Waals surface area contributed by atoms with E-state index in [2.05, 4.69) is 5.32 Å². The summed E-state index contributed by atoms with van der Waals surface area (Å²) < 4.78 is 5.23. The summed E-state index contributed by atoms with van der Waals surface area (Å²) in [5.41, 5.74) is 2.28. The third-order valence-electron chi connectivity index (χ3n) is 6.28. The molecule has 2 aliphatic rings. The number of carbonyl (C=O) groups is 3. The highest BCUT2D eigenvalue weighted by Gasteiger charge is 2.64. The fourth-order valence-electron chi connectivity index (χ4n) is 4.57. The molecule has 0 radical (unpaired) electrons. The number of carbonyl (C=O) groups excluding carboxylic acids is 2. The Hall–Kier alpha value is -3.59. The lowest BCUT2D eigenvalue weighted by Gasteiger charge is -2.43. The fraction of sp³-hybridized carbons (Fsp3) is 0.280. The molecule has 3 heterocycles. The molecule has 8 nitrogen and oxygen atoms in total. The van der Waals surface area contributed by atoms with Gasteiger partial charge in [0.05, 0.1) is 5.39 Å². The van der Waals surface area contributed by atoms with Crippen LogP contribution in [0, 0.1) is 6.92 Å². The molecular formula is C25H22N2O6S. The van der Waals surface area contributed by atoms with Crippen molar-refractivity contribution in [3.63, 3.8) is 0 Å². The first kappa shape index (κ1) is 22.2. The van der Waals surface area contributed by atoms with E-state index in [-0.39, 0.29) is 5.43 Å². The van der Waals surface area contributed by atoms with E-state index in [1.54, 1.807) is 50.2 Å². The van der Waals surface area contributed by atoms with E-state index >= 15 is 0 Å². The summed E-state index contributed by atoms with van der Waals surface area (Å²) in [6.07, 6.45) is 0. The molecule has 2 aliphatic heterocycles. The van der Waals surface area contributed by atoms with Crippen molar-refractivity contribution in [1.82, 2.24) is 10.2 Å². The highest BCUT2D eigenvalue weighted by atomic mass is 32.2. The molecule has 3 atom stereocenters. The highest BCUT2D eigenvalue weighted by Crippen LogP contribution is 2.50. The Morgan fingerprint density at radius 2 is 1.79 bits per heavy atom. The summed E-state index contributed by atoms with van der Waals surface area (Å²) in [7, 11) is 0. The van der Waals surface area contributed by atoms with Crippen LogP contribution >= 0.6 is 11.8 Å². The second kappa shape index (κ2) is 7.73. The van der Waals surface area contributed by atoms with Crippen molar-refractivity contribution in [2.24, 2.45) is 0 Å². The molecule has 0 saturated carbocycles. The van der Waals surface area contributed by atoms with Crippen molar-refractivity contribution in [3.8, 4) is 11.3 Å². The number of hydrogen-bond donors (Lipinski definition) is 2. The SMILES string of the molecule is Cc1ccc2oc(-c3ccc(C(=O)N[C@@H]4C(=O)N5[C@@H]4SC(C)(C)[C@@H]5C(=O)O)cc3)cc(=O)c2c1. The summed E-state index contributed by atoms with van der Waals surface area (Å²) >= 11 is 1.37. The first-order valence-electron chi connectivity index (χ1n) is 10.8. The number of fused-ring (bicyclic) bond motifs is 2. The summed E-state index contributed by atoms with van der Waals surface area (Å²) in [5.74, 6) is -1.49. The van der Waals surface area contributed by atoms with Gasteiger partial charge in [0, 0.05) is 21.9 Å². The van der Waals surface area contributed by atoms with Gasteiger partial charge >= 0.3 is 5.97 Å². The standard InChI is InChI=1S/C25H22N2O6S/c1-12-4-9-17-15(10-12)16(28)11-18(33-17)13-5-7-14(8-6-13)21(29)26-19-22(30)27-20(24(31)32)25(2,3)34-23(19)27/h4-11,19-20,23H,1-3H3,(H,26,29)(H,31,32)/t19-,20+,23-/m1/s1. The minimum Gasteiger partial charge on any atom is -0.480 e. The van der Waals surface area contributed by atoms with E-state index < -0.39 is 40.0 Å². The molecule has 2 amide bonds. The Kier molecular flexibility index (Phi) is 5.05. The molecule has 174 valence electrons. The lowest BCUT2D eigenvalue weighted by Crippen LogP contribution is -2.70. The van der Waals surface area contributed by atoms with Gasteiger partial charge in [-0.05, 0) is 45.0 Å². The number of nitrogens with one attached hydrogen (secondary N) is 1. The number of nitrogens with zero attached hydrogens (tertiary/aromatic N) is 1. The molecule has 2 aromatic carbocycles. The van der Waals surface area contributed by atoms with E-state index in [0.717, 1.165) is 5.56 Å². The van der Waals surface area contributed by atoms with Crippen LogP contribution in [0.2, 0.25) is 0 Å². The number of rotatable bonds is 4. The topological polar surface area (TPSA) is 117 Å². The second-order valence-corrected chi connectivity index (χ2v) is 10.9. The maximum absolute atomic E-state index is 12.8. The van der Waals surface area contributed by atoms with Gasteiger partial charge in [-0.2, -0.15) is 0 Å². The Morgan fingerprint density at radius 1 is 1.09 bits per heavy atom. The largest absolute Gasteiger partial charge is 0.480 e. The van der Waals surface area contributed by atoms with Gasteiger partial charge < -0.3 is 19.7 Å². The number of carboxylic acid groups (broad SMARTS) is 1. The van der Waals surface area contributed by atoms with Gasteiger partial charge in [0.1, 0.15) is 28.8 Å². The minimum absolute atomic E-state index is 0.147. The zero-order valence-corrected chi connectivity index (χ0v) is 19.5. The average Bonchev–Trinajstić information content (AvgIpc) is 3.05. The summed E-state index contributed by atoms with van der Waals surface area (Å²) in [5, 5.41) is 12.3. The number of aryl methyl sites for hydroxylation is 1. The van der Waals surface area contributed by atoms with Crippen molar-refractivity contribution in [3.05, 3.63) is 69.9 Å². The molecule has 2 saturated heterocycles. The highest BCUT2D eigenvalue weighted by molar-refractivity contribution is 8.01. The van der Waals surface area contributed by atoms with Gasteiger partial charge in [-0.25, -0.2) is 4.79 Å². The van der Waals surface area contributed by atoms with Crippen LogP contribution in [0.4, 0.5) is 0 Å². The molecule has 1 aromatic heterocycles. The maximum atomic E-state index is 12.8. The molecule has 34 heavy (non-hydrogen) atoms. The van der Waals surface area contributed by atoms with Crippen LogP contribution in [0.3, 0.4) is 0 Å². The van der Waals surface area contributed by atoms with Crippen molar-refractivity contribution >= 4 is 40.5 Å². The summed E-state index contributed by atoms with van der Waals surface area (Å²) in [4.78, 5) is 50.9. The van der Waals surface area contributed by atoms with Crippen molar-refractivity contribution < 1.29 is 23.9 Å². The average molecular weight is 479 g/mol. The summed E-state index contributed by atoms with van der Waals surface area (Å²) in [6.45, 7) is 5.47. The Bertz CT molecular complexity index is 1410. The van der Waals surface area contributed by atoms with Crippen LogP contribution in [0.15, 0.2) is 57.7 Å². The van der Waals surface area contributed by atoms with Gasteiger partial charge in [-0.3, -0.25) is 14.4 Å². The van der Waals surface area contributed by atoms with E-state index in [4.69, 9.17) is 4.42 Å². The van der Waals surface area contributed by atoms with Gasteiger partial charge in [0.25, 0.3) is 5.91 Å². The molecule has 2 fully saturated rings. The summed E-state index contributed by atoms with van der Waals surface area (Å²) in [6, 6.07) is 11.7. The van der Waals surface area contributed by atoms with Crippen LogP contribution in [0.5, 0.6) is 0 Å². The molecule has 5 rings (SSSR count). The van der Waals surface area contributed by atoms with Crippen LogP contribution in [0.25, 0.3) is 22.3 Å². The lowest BCUT2D eigenvalue weighted by molar-refractivity contribution is -0.159. The molecular weight excluding hydrogens is 456 g/mol. The number of amides is 2. The van der Waals surface area contributed by atoms with Gasteiger partial charge in [0.2, 0.25) is 5.91 Å². The maximum Gasteiger partial charge on any atom is 0.327 e. The molecule has 2 N–H and O–H groups in total. The predicted octanol–water partition coefficient (Wildman–Crippen LogP) is 3.01. The predicted molar refractivity (Wildman–Crippen MR) is 128 cm³/mol. The second-order valence-electron chi connectivity index (χ2n) is 9.10. The molecule has 0 spiro atoms. The number of β-lactam (4-membered cyclic amide) rings is 1. The van der Waals surface area contributed by atoms with Crippen LogP contribution in [-0.2, 0) is 9.59 Å². The van der Waals surface area contributed by atoms with Gasteiger partial charge in [-0.1, -0.05) is 23.8 Å². The van der Waals surface area contributed by atoms with Crippen molar-refractivity contribution in [2.45, 2.75) is 43.0 Å². The van der Waals surface area contributed by atoms with Crippen LogP contribution in [0.1, 0.15) is 29.8 Å². The first-order valence-corrected chi connectivity index (χ1v) is 11.6. The third-order valence-corrected chi connectivity index (χ3v) is 7.85. The Labute approximate surface area is 198 Å². The molecule has 0 bridgehead atoms. The Balaban J connectivity index is 1.33. The van der Waals surface area contributed by atoms with Gasteiger partial charge in [0.15, 0.2) is 5.43 Å². The molecule has 0 unspecified atom stereocenters. The number of thioether (sulfide) groups is 1. The minimum atomic E-state index is -1.05. The van der Waals surface area contributed by atoms with E-state index in [1.807, 2.05) is 13.0 Å². The molecule has 9 heteroatoms. The monoisotopic (exact) mass is 478 g/mol. The van der Waals surface area contributed by atoms with E-state index in [0.29, 0.717) is 27.9 Å². The van der Waals surface area contributed by atoms with Crippen LogP contribution < -0.4 is 10.7 Å². The molecule has 3 aromatic rings. The smallest absolute Gasteiger partial charge is 0.327 e. The van der Waals surface area contributed by atoms with Gasteiger partial charge in [-0.15, -0.1) is 11.8 Å². The first-order chi connectivity index (χ1) is 16.1. The van der Waals surface area contributed by atoms with Crippen molar-refractivity contribution in [2.75, 3.05) is 0 Å². The zero-order chi connectivity index (χ0) is 24.4. The van der Waals surface area contributed by atoms with E-state index in [9.17, 15) is 24.3 Å². The fourth-order valence-corrected chi connectivity index (χ4v) is 6.19. The lowest BCUT2D eigenvalue weighted by atomic mass is 9.96. The number of aliphatic carboxylic acids is 1. The number of carboxylic acids is 1. The molecule has 0 aliphatic carbocycles. The normalized spacial score (nSPS) is 22.9.